The van der Waals surface area contributed by atoms with Crippen LogP contribution in [0.5, 0.6) is 0 Å². The molecule has 0 amide bonds. The second-order valence-electron chi connectivity index (χ2n) is 13.8. The summed E-state index contributed by atoms with van der Waals surface area (Å²) in [5.74, 6) is 0. The molecule has 2 aliphatic rings. The number of rotatable bonds is 2. The van der Waals surface area contributed by atoms with Gasteiger partial charge < -0.3 is 5.73 Å². The van der Waals surface area contributed by atoms with Gasteiger partial charge in [0.25, 0.3) is 0 Å². The van der Waals surface area contributed by atoms with Crippen molar-refractivity contribution in [2.24, 2.45) is 0 Å². The summed E-state index contributed by atoms with van der Waals surface area (Å²) in [4.78, 5) is 2.59. The Labute approximate surface area is 301 Å². The minimum Gasteiger partial charge on any atom is -0.398 e. The van der Waals surface area contributed by atoms with Crippen LogP contribution < -0.4 is 5.73 Å². The van der Waals surface area contributed by atoms with Crippen molar-refractivity contribution in [3.63, 3.8) is 0 Å². The summed E-state index contributed by atoms with van der Waals surface area (Å²) >= 11 is 1.87. The Hall–Kier alpha value is -6.09. The summed E-state index contributed by atoms with van der Waals surface area (Å²) in [5, 5.41) is 7.51. The molecule has 1 nitrogen and oxygen atoms in total. The van der Waals surface area contributed by atoms with Crippen molar-refractivity contribution < 1.29 is 0 Å². The molecule has 0 unspecified atom stereocenters. The summed E-state index contributed by atoms with van der Waals surface area (Å²) in [7, 11) is 0. The Balaban J connectivity index is 1.22. The van der Waals surface area contributed by atoms with E-state index >= 15 is 0 Å². The molecule has 1 spiro atoms. The molecular weight excluding hydrogens is 635 g/mol. The number of hydrogen-bond donors (Lipinski definition) is 1. The molecule has 9 aromatic carbocycles. The first kappa shape index (κ1) is 28.7. The van der Waals surface area contributed by atoms with E-state index in [0.29, 0.717) is 0 Å². The van der Waals surface area contributed by atoms with E-state index in [4.69, 9.17) is 5.73 Å². The van der Waals surface area contributed by atoms with Crippen molar-refractivity contribution in [3.8, 4) is 33.4 Å². The molecule has 0 bridgehead atoms. The van der Waals surface area contributed by atoms with Gasteiger partial charge in [0.1, 0.15) is 0 Å². The molecule has 1 heterocycles. The van der Waals surface area contributed by atoms with E-state index in [1.165, 1.54) is 92.2 Å². The average Bonchev–Trinajstić information content (AvgIpc) is 3.47. The Morgan fingerprint density at radius 2 is 0.882 bits per heavy atom. The molecular formula is C49H31NS. The van der Waals surface area contributed by atoms with Crippen LogP contribution in [0.3, 0.4) is 0 Å². The quantitative estimate of drug-likeness (QED) is 0.147. The predicted molar refractivity (Wildman–Crippen MR) is 216 cm³/mol. The normalized spacial score (nSPS) is 13.6. The molecule has 2 N–H and O–H groups in total. The van der Waals surface area contributed by atoms with Crippen LogP contribution in [0.4, 0.5) is 5.69 Å². The second-order valence-corrected chi connectivity index (χ2v) is 14.9. The summed E-state index contributed by atoms with van der Waals surface area (Å²) in [6.07, 6.45) is 0. The number of benzene rings is 9. The van der Waals surface area contributed by atoms with Crippen LogP contribution in [0.15, 0.2) is 186 Å². The summed E-state index contributed by atoms with van der Waals surface area (Å²) < 4.78 is 0. The first-order valence-corrected chi connectivity index (χ1v) is 18.4. The van der Waals surface area contributed by atoms with Gasteiger partial charge in [-0.15, -0.1) is 0 Å². The summed E-state index contributed by atoms with van der Waals surface area (Å²) in [5.41, 5.74) is 19.9. The number of anilines is 1. The number of nitrogens with two attached hydrogens (primary N) is 1. The fourth-order valence-corrected chi connectivity index (χ4v) is 10.4. The van der Waals surface area contributed by atoms with E-state index in [2.05, 4.69) is 176 Å². The molecule has 0 atom stereocenters. The lowest BCUT2D eigenvalue weighted by Gasteiger charge is -2.39. The first-order valence-electron chi connectivity index (χ1n) is 17.6. The maximum absolute atomic E-state index is 7.01. The largest absolute Gasteiger partial charge is 0.398 e. The third kappa shape index (κ3) is 3.88. The molecule has 1 aliphatic heterocycles. The Morgan fingerprint density at radius 1 is 0.373 bits per heavy atom. The fourth-order valence-electron chi connectivity index (χ4n) is 9.23. The highest BCUT2D eigenvalue weighted by molar-refractivity contribution is 7.99. The van der Waals surface area contributed by atoms with Gasteiger partial charge in [0.05, 0.1) is 5.41 Å². The van der Waals surface area contributed by atoms with E-state index in [9.17, 15) is 0 Å². The SMILES string of the molecule is Nc1cccc2c1-c1cc(-c3c4ccccc4c(-c4ccc5ccccc5c4)c4ccccc34)ccc1C21c2ccccc2Sc2ccccc21. The highest BCUT2D eigenvalue weighted by atomic mass is 32.2. The number of nitrogen functional groups attached to an aromatic ring is 1. The monoisotopic (exact) mass is 665 g/mol. The van der Waals surface area contributed by atoms with Gasteiger partial charge >= 0.3 is 0 Å². The van der Waals surface area contributed by atoms with E-state index in [0.717, 1.165) is 11.3 Å². The molecule has 0 saturated heterocycles. The average molecular weight is 666 g/mol. The molecule has 0 saturated carbocycles. The lowest BCUT2D eigenvalue weighted by molar-refractivity contribution is 0.722. The lowest BCUT2D eigenvalue weighted by atomic mass is 9.67. The van der Waals surface area contributed by atoms with Gasteiger partial charge in [-0.3, -0.25) is 0 Å². The van der Waals surface area contributed by atoms with Gasteiger partial charge in [0, 0.05) is 21.0 Å². The van der Waals surface area contributed by atoms with Crippen LogP contribution in [0.25, 0.3) is 65.7 Å². The van der Waals surface area contributed by atoms with Crippen LogP contribution in [-0.2, 0) is 5.41 Å². The molecule has 0 aromatic heterocycles. The maximum atomic E-state index is 7.01. The summed E-state index contributed by atoms with van der Waals surface area (Å²) in [6.45, 7) is 0. The Bertz CT molecular complexity index is 2820. The topological polar surface area (TPSA) is 26.0 Å². The first-order chi connectivity index (χ1) is 25.2. The zero-order chi connectivity index (χ0) is 33.7. The highest BCUT2D eigenvalue weighted by Gasteiger charge is 2.50. The van der Waals surface area contributed by atoms with Crippen molar-refractivity contribution >= 4 is 49.8 Å². The minimum absolute atomic E-state index is 0.457. The smallest absolute Gasteiger partial charge is 0.0736 e. The molecule has 1 aliphatic carbocycles. The van der Waals surface area contributed by atoms with Gasteiger partial charge in [-0.05, 0) is 113 Å². The predicted octanol–water partition coefficient (Wildman–Crippen LogP) is 12.9. The molecule has 11 rings (SSSR count). The van der Waals surface area contributed by atoms with E-state index < -0.39 is 5.41 Å². The van der Waals surface area contributed by atoms with E-state index in [-0.39, 0.29) is 0 Å². The molecule has 51 heavy (non-hydrogen) atoms. The third-order valence-corrected chi connectivity index (χ3v) is 12.4. The Morgan fingerprint density at radius 3 is 1.53 bits per heavy atom. The van der Waals surface area contributed by atoms with Crippen LogP contribution in [-0.4, -0.2) is 0 Å². The number of hydrogen-bond acceptors (Lipinski definition) is 2. The van der Waals surface area contributed by atoms with Gasteiger partial charge in [-0.1, -0.05) is 157 Å². The van der Waals surface area contributed by atoms with Crippen LogP contribution in [0, 0.1) is 0 Å². The maximum Gasteiger partial charge on any atom is 0.0736 e. The van der Waals surface area contributed by atoms with Crippen LogP contribution in [0.1, 0.15) is 22.3 Å². The molecule has 9 aromatic rings. The van der Waals surface area contributed by atoms with Gasteiger partial charge in [-0.2, -0.15) is 0 Å². The number of fused-ring (bicyclic) bond motifs is 12. The standard InChI is InChI=1S/C49H31NS/c50-43-21-11-20-42-48(43)38-29-33(26-27-39(38)49(42)40-18-7-9-22-44(40)51-45-23-10-8-19-41(45)49)47-36-16-5-3-14-34(36)46(35-15-4-6-17-37(35)47)32-25-24-30-12-1-2-13-31(30)28-32/h1-29H,50H2. The minimum atomic E-state index is -0.457. The molecule has 2 heteroatoms. The fraction of sp³-hybridized carbons (Fsp3) is 0.0204. The molecule has 0 radical (unpaired) electrons. The second kappa shape index (κ2) is 10.7. The summed E-state index contributed by atoms with van der Waals surface area (Å²) in [6, 6.07) is 64.9. The highest BCUT2D eigenvalue weighted by Crippen LogP contribution is 2.63. The lowest BCUT2D eigenvalue weighted by Crippen LogP contribution is -2.31. The van der Waals surface area contributed by atoms with Crippen molar-refractivity contribution in [2.45, 2.75) is 15.2 Å². The Kier molecular flexibility index (Phi) is 6.03. The van der Waals surface area contributed by atoms with Crippen molar-refractivity contribution in [2.75, 3.05) is 5.73 Å². The molecule has 0 fully saturated rings. The van der Waals surface area contributed by atoms with Crippen molar-refractivity contribution in [1.82, 2.24) is 0 Å². The third-order valence-electron chi connectivity index (χ3n) is 11.3. The van der Waals surface area contributed by atoms with Crippen molar-refractivity contribution in [3.05, 3.63) is 198 Å². The van der Waals surface area contributed by atoms with Crippen molar-refractivity contribution in [1.29, 1.82) is 0 Å². The van der Waals surface area contributed by atoms with E-state index in [1.54, 1.807) is 0 Å². The van der Waals surface area contributed by atoms with Gasteiger partial charge in [0.2, 0.25) is 0 Å². The zero-order valence-electron chi connectivity index (χ0n) is 27.7. The van der Waals surface area contributed by atoms with Gasteiger partial charge in [-0.25, -0.2) is 0 Å². The zero-order valence-corrected chi connectivity index (χ0v) is 28.5. The van der Waals surface area contributed by atoms with E-state index in [1.807, 2.05) is 11.8 Å². The molecule has 238 valence electrons. The van der Waals surface area contributed by atoms with Gasteiger partial charge in [0.15, 0.2) is 0 Å². The van der Waals surface area contributed by atoms with Crippen LogP contribution in [0.2, 0.25) is 0 Å². The van der Waals surface area contributed by atoms with Crippen LogP contribution >= 0.6 is 11.8 Å².